The van der Waals surface area contributed by atoms with Gasteiger partial charge in [-0.3, -0.25) is 4.79 Å². The van der Waals surface area contributed by atoms with Gasteiger partial charge in [-0.05, 0) is 48.4 Å². The summed E-state index contributed by atoms with van der Waals surface area (Å²) < 4.78 is 11.1. The van der Waals surface area contributed by atoms with Crippen LogP contribution in [0.2, 0.25) is 0 Å². The van der Waals surface area contributed by atoms with Crippen molar-refractivity contribution in [3.05, 3.63) is 65.7 Å². The summed E-state index contributed by atoms with van der Waals surface area (Å²) in [5.41, 5.74) is 9.19. The largest absolute Gasteiger partial charge is 0.381 e. The third-order valence-electron chi connectivity index (χ3n) is 4.92. The number of anilines is 1. The van der Waals surface area contributed by atoms with Crippen molar-refractivity contribution in [2.24, 2.45) is 11.7 Å². The van der Waals surface area contributed by atoms with Crippen molar-refractivity contribution in [3.63, 3.8) is 0 Å². The number of hydrogen-bond donors (Lipinski definition) is 2. The topological polar surface area (TPSA) is 73.6 Å². The van der Waals surface area contributed by atoms with Gasteiger partial charge in [-0.1, -0.05) is 42.5 Å². The first kappa shape index (κ1) is 19.5. The second kappa shape index (κ2) is 10.2. The van der Waals surface area contributed by atoms with Crippen molar-refractivity contribution >= 4 is 11.6 Å². The number of carbonyl (C=O) groups excluding carboxylic acids is 1. The average molecular weight is 368 g/mol. The van der Waals surface area contributed by atoms with Crippen molar-refractivity contribution in [1.82, 2.24) is 0 Å². The van der Waals surface area contributed by atoms with Crippen molar-refractivity contribution in [1.29, 1.82) is 0 Å². The standard InChI is InChI=1S/C22H28N2O3/c23-21(19-10-13-26-14-11-19)22(25)24-20-8-4-7-18(15-20)16-27-12-9-17-5-2-1-3-6-17/h1-8,15,19,21H,9-14,16,23H2,(H,24,25). The SMILES string of the molecule is NC(C(=O)Nc1cccc(COCCc2ccccc2)c1)C1CCOCC1. The highest BCUT2D eigenvalue weighted by atomic mass is 16.5. The van der Waals surface area contributed by atoms with E-state index in [0.717, 1.165) is 30.5 Å². The lowest BCUT2D eigenvalue weighted by atomic mass is 9.92. The molecule has 1 amide bonds. The number of amides is 1. The van der Waals surface area contributed by atoms with E-state index in [9.17, 15) is 4.79 Å². The summed E-state index contributed by atoms with van der Waals surface area (Å²) in [6.07, 6.45) is 2.56. The maximum Gasteiger partial charge on any atom is 0.241 e. The Hall–Kier alpha value is -2.21. The Kier molecular flexibility index (Phi) is 7.39. The van der Waals surface area contributed by atoms with Crippen LogP contribution >= 0.6 is 0 Å². The van der Waals surface area contributed by atoms with Gasteiger partial charge in [0.2, 0.25) is 5.91 Å². The molecule has 1 heterocycles. The zero-order valence-electron chi connectivity index (χ0n) is 15.6. The minimum Gasteiger partial charge on any atom is -0.381 e. The van der Waals surface area contributed by atoms with Crippen LogP contribution < -0.4 is 11.1 Å². The van der Waals surface area contributed by atoms with Gasteiger partial charge in [0.25, 0.3) is 0 Å². The van der Waals surface area contributed by atoms with Crippen LogP contribution in [0, 0.1) is 5.92 Å². The Morgan fingerprint density at radius 2 is 1.85 bits per heavy atom. The Morgan fingerprint density at radius 3 is 2.63 bits per heavy atom. The molecule has 1 aliphatic heterocycles. The normalized spacial score (nSPS) is 16.0. The van der Waals surface area contributed by atoms with Crippen molar-refractivity contribution in [2.45, 2.75) is 31.9 Å². The molecule has 0 bridgehead atoms. The van der Waals surface area contributed by atoms with Crippen LogP contribution in [0.5, 0.6) is 0 Å². The van der Waals surface area contributed by atoms with E-state index in [2.05, 4.69) is 17.4 Å². The number of carbonyl (C=O) groups is 1. The molecule has 0 saturated carbocycles. The highest BCUT2D eigenvalue weighted by Crippen LogP contribution is 2.19. The molecule has 0 aromatic heterocycles. The maximum atomic E-state index is 12.4. The lowest BCUT2D eigenvalue weighted by Crippen LogP contribution is -2.44. The van der Waals surface area contributed by atoms with Gasteiger partial charge in [-0.15, -0.1) is 0 Å². The van der Waals surface area contributed by atoms with Gasteiger partial charge in [0.05, 0.1) is 19.3 Å². The number of rotatable bonds is 8. The molecular formula is C22H28N2O3. The molecule has 0 aliphatic carbocycles. The van der Waals surface area contributed by atoms with E-state index < -0.39 is 6.04 Å². The fraction of sp³-hybridized carbons (Fsp3) is 0.409. The predicted octanol–water partition coefficient (Wildman–Crippen LogP) is 3.14. The molecule has 1 saturated heterocycles. The molecule has 3 N–H and O–H groups in total. The summed E-state index contributed by atoms with van der Waals surface area (Å²) in [6, 6.07) is 17.5. The van der Waals surface area contributed by atoms with Gasteiger partial charge in [-0.25, -0.2) is 0 Å². The van der Waals surface area contributed by atoms with Crippen LogP contribution in [0.4, 0.5) is 5.69 Å². The monoisotopic (exact) mass is 368 g/mol. The van der Waals surface area contributed by atoms with Crippen LogP contribution in [-0.4, -0.2) is 31.8 Å². The molecule has 2 aromatic rings. The van der Waals surface area contributed by atoms with Gasteiger partial charge >= 0.3 is 0 Å². The molecule has 5 nitrogen and oxygen atoms in total. The summed E-state index contributed by atoms with van der Waals surface area (Å²) in [7, 11) is 0. The van der Waals surface area contributed by atoms with Crippen LogP contribution in [0.25, 0.3) is 0 Å². The lowest BCUT2D eigenvalue weighted by molar-refractivity contribution is -0.119. The van der Waals surface area contributed by atoms with Gasteiger partial charge < -0.3 is 20.5 Å². The van der Waals surface area contributed by atoms with E-state index in [-0.39, 0.29) is 11.8 Å². The number of nitrogens with one attached hydrogen (secondary N) is 1. The van der Waals surface area contributed by atoms with Crippen LogP contribution in [-0.2, 0) is 27.3 Å². The van der Waals surface area contributed by atoms with E-state index in [0.29, 0.717) is 26.4 Å². The van der Waals surface area contributed by atoms with Crippen LogP contribution in [0.3, 0.4) is 0 Å². The summed E-state index contributed by atoms with van der Waals surface area (Å²) in [5.74, 6) is 0.0484. The molecule has 0 spiro atoms. The summed E-state index contributed by atoms with van der Waals surface area (Å²) in [4.78, 5) is 12.4. The Labute approximate surface area is 160 Å². The second-order valence-corrected chi connectivity index (χ2v) is 6.95. The fourth-order valence-electron chi connectivity index (χ4n) is 3.28. The van der Waals surface area contributed by atoms with E-state index in [1.54, 1.807) is 0 Å². The average Bonchev–Trinajstić information content (AvgIpc) is 2.72. The van der Waals surface area contributed by atoms with E-state index in [1.807, 2.05) is 42.5 Å². The quantitative estimate of drug-likeness (QED) is 0.702. The zero-order valence-corrected chi connectivity index (χ0v) is 15.6. The highest BCUT2D eigenvalue weighted by Gasteiger charge is 2.26. The van der Waals surface area contributed by atoms with Crippen LogP contribution in [0.1, 0.15) is 24.0 Å². The predicted molar refractivity (Wildman–Crippen MR) is 106 cm³/mol. The van der Waals surface area contributed by atoms with Gasteiger partial charge in [0, 0.05) is 18.9 Å². The molecule has 3 rings (SSSR count). The molecule has 144 valence electrons. The summed E-state index contributed by atoms with van der Waals surface area (Å²) in [5, 5.41) is 2.94. The van der Waals surface area contributed by atoms with Crippen molar-refractivity contribution in [2.75, 3.05) is 25.1 Å². The molecule has 1 unspecified atom stereocenters. The zero-order chi connectivity index (χ0) is 18.9. The van der Waals surface area contributed by atoms with Gasteiger partial charge in [0.1, 0.15) is 0 Å². The van der Waals surface area contributed by atoms with E-state index >= 15 is 0 Å². The molecule has 2 aromatic carbocycles. The number of hydrogen-bond acceptors (Lipinski definition) is 4. The van der Waals surface area contributed by atoms with Crippen LogP contribution in [0.15, 0.2) is 54.6 Å². The second-order valence-electron chi connectivity index (χ2n) is 6.95. The molecular weight excluding hydrogens is 340 g/mol. The summed E-state index contributed by atoms with van der Waals surface area (Å²) in [6.45, 7) is 2.54. The minimum absolute atomic E-state index is 0.135. The van der Waals surface area contributed by atoms with E-state index in [4.69, 9.17) is 15.2 Å². The number of nitrogens with two attached hydrogens (primary N) is 1. The van der Waals surface area contributed by atoms with Gasteiger partial charge in [0.15, 0.2) is 0 Å². The lowest BCUT2D eigenvalue weighted by Gasteiger charge is -2.26. The minimum atomic E-state index is -0.500. The molecule has 5 heteroatoms. The highest BCUT2D eigenvalue weighted by molar-refractivity contribution is 5.94. The third-order valence-corrected chi connectivity index (χ3v) is 4.92. The maximum absolute atomic E-state index is 12.4. The first-order valence-corrected chi connectivity index (χ1v) is 9.57. The Morgan fingerprint density at radius 1 is 1.11 bits per heavy atom. The molecule has 1 aliphatic rings. The molecule has 1 atom stereocenters. The van der Waals surface area contributed by atoms with Crippen molar-refractivity contribution < 1.29 is 14.3 Å². The molecule has 0 radical (unpaired) electrons. The Balaban J connectivity index is 1.45. The summed E-state index contributed by atoms with van der Waals surface area (Å²) >= 11 is 0. The van der Waals surface area contributed by atoms with Crippen molar-refractivity contribution in [3.8, 4) is 0 Å². The van der Waals surface area contributed by atoms with E-state index in [1.165, 1.54) is 5.56 Å². The third kappa shape index (κ3) is 6.17. The smallest absolute Gasteiger partial charge is 0.241 e. The molecule has 1 fully saturated rings. The van der Waals surface area contributed by atoms with Gasteiger partial charge in [-0.2, -0.15) is 0 Å². The fourth-order valence-corrected chi connectivity index (χ4v) is 3.28. The molecule has 27 heavy (non-hydrogen) atoms. The number of ether oxygens (including phenoxy) is 2. The first-order chi connectivity index (χ1) is 13.2. The first-order valence-electron chi connectivity index (χ1n) is 9.57. The number of benzene rings is 2. The Bertz CT molecular complexity index is 715.